The summed E-state index contributed by atoms with van der Waals surface area (Å²) in [6.07, 6.45) is -2.86. The molecule has 0 saturated heterocycles. The van der Waals surface area contributed by atoms with Crippen LogP contribution in [0.5, 0.6) is 5.75 Å². The Morgan fingerprint density at radius 2 is 2.07 bits per heavy atom. The largest absolute Gasteiger partial charge is 0.494 e. The average molecular weight is 437 g/mol. The molecule has 0 spiro atoms. The van der Waals surface area contributed by atoms with Gasteiger partial charge < -0.3 is 15.2 Å². The summed E-state index contributed by atoms with van der Waals surface area (Å²) in [5.74, 6) is 0.194. The summed E-state index contributed by atoms with van der Waals surface area (Å²) in [6.45, 7) is 0.176. The molecule has 6 nitrogen and oxygen atoms in total. The molecule has 0 atom stereocenters. The number of alkyl halides is 3. The number of carbonyl (C=O) groups excluding carboxylic acids is 1. The van der Waals surface area contributed by atoms with E-state index in [1.165, 1.54) is 24.5 Å². The summed E-state index contributed by atoms with van der Waals surface area (Å²) in [5.41, 5.74) is -0.437. The van der Waals surface area contributed by atoms with Crippen molar-refractivity contribution in [2.45, 2.75) is 24.9 Å². The fraction of sp³-hybridized carbons (Fsp3) is 0.350. The Morgan fingerprint density at radius 3 is 2.73 bits per heavy atom. The van der Waals surface area contributed by atoms with Crippen molar-refractivity contribution in [2.75, 3.05) is 19.0 Å². The monoisotopic (exact) mass is 437 g/mol. The predicted molar refractivity (Wildman–Crippen MR) is 106 cm³/mol. The van der Waals surface area contributed by atoms with Crippen molar-refractivity contribution < 1.29 is 27.8 Å². The van der Waals surface area contributed by atoms with Crippen LogP contribution in [0.2, 0.25) is 0 Å². The number of fused-ring (bicyclic) bond motifs is 1. The van der Waals surface area contributed by atoms with Gasteiger partial charge in [0.2, 0.25) is 0 Å². The molecule has 1 aliphatic carbocycles. The van der Waals surface area contributed by atoms with Crippen molar-refractivity contribution in [3.8, 4) is 5.75 Å². The fourth-order valence-electron chi connectivity index (χ4n) is 3.41. The number of aromatic nitrogens is 2. The maximum atomic E-state index is 12.9. The molecule has 2 heterocycles. The first-order valence-electron chi connectivity index (χ1n) is 9.23. The molecule has 1 saturated carbocycles. The number of hydrogen-bond donors (Lipinski definition) is 2. The summed E-state index contributed by atoms with van der Waals surface area (Å²) in [5, 5.41) is 12.7. The van der Waals surface area contributed by atoms with Gasteiger partial charge in [-0.15, -0.1) is 11.3 Å². The van der Waals surface area contributed by atoms with Gasteiger partial charge >= 0.3 is 6.18 Å². The lowest BCUT2D eigenvalue weighted by molar-refractivity contribution is -0.141. The predicted octanol–water partition coefficient (Wildman–Crippen LogP) is 4.46. The number of thiazole rings is 1. The summed E-state index contributed by atoms with van der Waals surface area (Å²) >= 11 is 1.49. The molecule has 0 aliphatic heterocycles. The Morgan fingerprint density at radius 1 is 1.30 bits per heavy atom. The maximum Gasteiger partial charge on any atom is 0.433 e. The van der Waals surface area contributed by atoms with E-state index in [4.69, 9.17) is 4.74 Å². The maximum absolute atomic E-state index is 12.9. The Labute approximate surface area is 173 Å². The minimum Gasteiger partial charge on any atom is -0.494 e. The molecule has 3 aromatic rings. The van der Waals surface area contributed by atoms with Crippen LogP contribution < -0.4 is 10.1 Å². The molecule has 1 fully saturated rings. The van der Waals surface area contributed by atoms with Gasteiger partial charge in [0.1, 0.15) is 17.1 Å². The topological polar surface area (TPSA) is 84.3 Å². The molecule has 0 radical (unpaired) electrons. The van der Waals surface area contributed by atoms with Gasteiger partial charge in [0.05, 0.1) is 28.0 Å². The number of ether oxygens (including phenoxy) is 1. The molecule has 30 heavy (non-hydrogen) atoms. The van der Waals surface area contributed by atoms with Crippen molar-refractivity contribution in [3.63, 3.8) is 0 Å². The number of nitrogens with one attached hydrogen (secondary N) is 1. The lowest BCUT2D eigenvalue weighted by atomic mass is 9.76. The van der Waals surface area contributed by atoms with E-state index in [0.29, 0.717) is 23.3 Å². The zero-order valence-electron chi connectivity index (χ0n) is 15.9. The smallest absolute Gasteiger partial charge is 0.433 e. The number of methoxy groups -OCH3 is 1. The number of carbonyl (C=O) groups is 1. The minimum atomic E-state index is -4.64. The second-order valence-electron chi connectivity index (χ2n) is 7.15. The second-order valence-corrected chi connectivity index (χ2v) is 8.21. The van der Waals surface area contributed by atoms with Gasteiger partial charge in [0.15, 0.2) is 0 Å². The van der Waals surface area contributed by atoms with Crippen LogP contribution in [-0.2, 0) is 6.18 Å². The van der Waals surface area contributed by atoms with Crippen LogP contribution in [0.1, 0.15) is 39.9 Å². The number of anilines is 1. The van der Waals surface area contributed by atoms with Crippen LogP contribution >= 0.6 is 11.3 Å². The highest BCUT2D eigenvalue weighted by atomic mass is 32.1. The molecular formula is C20H18F3N3O3S. The Balaban J connectivity index is 1.59. The standard InChI is InChI=1S/C20H18F3N3O3S/c1-29-15-7-14-16(30-19(26-14)11-5-10(6-11)9-27)8-13(15)25-18(28)12-3-2-4-17(24-12)20(21,22)23/h2-4,7-8,10-11,27H,5-6,9H2,1H3,(H,25,28)/t10-,11-. The molecule has 4 rings (SSSR count). The highest BCUT2D eigenvalue weighted by molar-refractivity contribution is 7.18. The highest BCUT2D eigenvalue weighted by Gasteiger charge is 2.33. The third-order valence-corrected chi connectivity index (χ3v) is 6.27. The van der Waals surface area contributed by atoms with Crippen LogP contribution in [0.3, 0.4) is 0 Å². The third-order valence-electron chi connectivity index (χ3n) is 5.09. The molecule has 0 unspecified atom stereocenters. The van der Waals surface area contributed by atoms with Gasteiger partial charge in [-0.05, 0) is 37.0 Å². The lowest BCUT2D eigenvalue weighted by Crippen LogP contribution is -2.24. The fourth-order valence-corrected chi connectivity index (χ4v) is 4.52. The van der Waals surface area contributed by atoms with Gasteiger partial charge in [0.25, 0.3) is 5.91 Å². The van der Waals surface area contributed by atoms with E-state index >= 15 is 0 Å². The lowest BCUT2D eigenvalue weighted by Gasteiger charge is -2.32. The Hall–Kier alpha value is -2.72. The highest BCUT2D eigenvalue weighted by Crippen LogP contribution is 2.44. The molecule has 1 aliphatic rings. The number of benzene rings is 1. The number of aliphatic hydroxyl groups excluding tert-OH is 1. The van der Waals surface area contributed by atoms with Crippen LogP contribution in [0.15, 0.2) is 30.3 Å². The van der Waals surface area contributed by atoms with Crippen molar-refractivity contribution >= 4 is 33.1 Å². The van der Waals surface area contributed by atoms with E-state index in [1.54, 1.807) is 12.1 Å². The molecule has 1 aromatic carbocycles. The number of amides is 1. The number of rotatable bonds is 5. The van der Waals surface area contributed by atoms with E-state index in [0.717, 1.165) is 40.2 Å². The molecule has 158 valence electrons. The number of pyridine rings is 1. The minimum absolute atomic E-state index is 0.176. The van der Waals surface area contributed by atoms with Crippen molar-refractivity contribution in [3.05, 3.63) is 46.7 Å². The normalized spacial score (nSPS) is 18.8. The molecule has 2 aromatic heterocycles. The summed E-state index contributed by atoms with van der Waals surface area (Å²) in [4.78, 5) is 20.6. The number of halogens is 3. The van der Waals surface area contributed by atoms with Crippen LogP contribution in [0.4, 0.5) is 18.9 Å². The first-order valence-corrected chi connectivity index (χ1v) is 10.0. The van der Waals surface area contributed by atoms with Gasteiger partial charge in [-0.1, -0.05) is 6.07 Å². The molecule has 2 N–H and O–H groups in total. The first kappa shape index (κ1) is 20.5. The van der Waals surface area contributed by atoms with E-state index < -0.39 is 17.8 Å². The average Bonchev–Trinajstić information content (AvgIpc) is 3.08. The van der Waals surface area contributed by atoms with E-state index in [-0.39, 0.29) is 12.3 Å². The van der Waals surface area contributed by atoms with E-state index in [1.807, 2.05) is 0 Å². The molecule has 0 bridgehead atoms. The van der Waals surface area contributed by atoms with Crippen LogP contribution in [-0.4, -0.2) is 34.7 Å². The number of nitrogens with zero attached hydrogens (tertiary/aromatic N) is 2. The summed E-state index contributed by atoms with van der Waals surface area (Å²) < 4.78 is 44.8. The summed E-state index contributed by atoms with van der Waals surface area (Å²) in [7, 11) is 1.43. The summed E-state index contributed by atoms with van der Waals surface area (Å²) in [6, 6.07) is 6.55. The Kier molecular flexibility index (Phi) is 5.37. The van der Waals surface area contributed by atoms with Gasteiger partial charge in [0, 0.05) is 18.6 Å². The van der Waals surface area contributed by atoms with Gasteiger partial charge in [-0.2, -0.15) is 13.2 Å². The first-order chi connectivity index (χ1) is 14.3. The third kappa shape index (κ3) is 3.97. The zero-order chi connectivity index (χ0) is 21.5. The molecule has 1 amide bonds. The number of hydrogen-bond acceptors (Lipinski definition) is 6. The quantitative estimate of drug-likeness (QED) is 0.616. The zero-order valence-corrected chi connectivity index (χ0v) is 16.7. The second kappa shape index (κ2) is 7.84. The van der Waals surface area contributed by atoms with Crippen molar-refractivity contribution in [2.24, 2.45) is 5.92 Å². The van der Waals surface area contributed by atoms with Crippen molar-refractivity contribution in [1.29, 1.82) is 0 Å². The van der Waals surface area contributed by atoms with Gasteiger partial charge in [-0.25, -0.2) is 9.97 Å². The molecular weight excluding hydrogens is 419 g/mol. The van der Waals surface area contributed by atoms with Gasteiger partial charge in [-0.3, -0.25) is 4.79 Å². The number of aliphatic hydroxyl groups is 1. The van der Waals surface area contributed by atoms with Crippen LogP contribution in [0.25, 0.3) is 10.2 Å². The van der Waals surface area contributed by atoms with Crippen molar-refractivity contribution in [1.82, 2.24) is 9.97 Å². The van der Waals surface area contributed by atoms with E-state index in [2.05, 4.69) is 15.3 Å². The molecule has 10 heteroatoms. The van der Waals surface area contributed by atoms with E-state index in [9.17, 15) is 23.1 Å². The SMILES string of the molecule is COc1cc2nc([C@H]3C[C@H](CO)C3)sc2cc1NC(=O)c1cccc(C(F)(F)F)n1. The Bertz CT molecular complexity index is 1090. The van der Waals surface area contributed by atoms with Crippen LogP contribution in [0, 0.1) is 5.92 Å².